The summed E-state index contributed by atoms with van der Waals surface area (Å²) in [6.45, 7) is 3.95. The predicted octanol–water partition coefficient (Wildman–Crippen LogP) is 3.28. The first-order valence-electron chi connectivity index (χ1n) is 8.26. The number of benzene rings is 2. The molecule has 2 aromatic carbocycles. The van der Waals surface area contributed by atoms with Crippen molar-refractivity contribution in [2.45, 2.75) is 13.8 Å². The maximum absolute atomic E-state index is 5.91. The summed E-state index contributed by atoms with van der Waals surface area (Å²) in [7, 11) is 0. The van der Waals surface area contributed by atoms with Gasteiger partial charge in [0.15, 0.2) is 11.6 Å². The molecule has 0 aliphatic rings. The minimum Gasteiger partial charge on any atom is -0.399 e. The molecule has 4 aromatic rings. The second-order valence-corrected chi connectivity index (χ2v) is 6.23. The summed E-state index contributed by atoms with van der Waals surface area (Å²) < 4.78 is 4.74. The summed E-state index contributed by atoms with van der Waals surface area (Å²) in [5.41, 5.74) is 17.3. The summed E-state index contributed by atoms with van der Waals surface area (Å²) >= 11 is 0. The van der Waals surface area contributed by atoms with Gasteiger partial charge in [0.1, 0.15) is 0 Å². The Labute approximate surface area is 154 Å². The molecule has 27 heavy (non-hydrogen) atoms. The molecule has 2 aromatic heterocycles. The molecule has 0 unspecified atom stereocenters. The molecule has 136 valence electrons. The van der Waals surface area contributed by atoms with Gasteiger partial charge < -0.3 is 22.1 Å². The van der Waals surface area contributed by atoms with Gasteiger partial charge >= 0.3 is 0 Å². The van der Waals surface area contributed by atoms with Crippen LogP contribution in [0.25, 0.3) is 11.3 Å². The number of nitrogens with zero attached hydrogens (tertiary/aromatic N) is 4. The molecular weight excluding hydrogens is 344 g/mol. The average Bonchev–Trinajstić information content (AvgIpc) is 3.08. The Morgan fingerprint density at radius 2 is 1.19 bits per heavy atom. The molecule has 0 aliphatic carbocycles. The smallest absolute Gasteiger partial charge is 0.245 e. The lowest BCUT2D eigenvalue weighted by Gasteiger charge is -2.15. The number of nitrogens with one attached hydrogen (secondary N) is 2. The van der Waals surface area contributed by atoms with E-state index < -0.39 is 0 Å². The minimum absolute atomic E-state index is 0.300. The van der Waals surface area contributed by atoms with Gasteiger partial charge in [-0.15, -0.1) is 0 Å². The molecule has 0 spiro atoms. The van der Waals surface area contributed by atoms with Crippen LogP contribution in [0.5, 0.6) is 0 Å². The highest BCUT2D eigenvalue weighted by atomic mass is 16.6. The van der Waals surface area contributed by atoms with Crippen LogP contribution in [-0.4, -0.2) is 20.3 Å². The van der Waals surface area contributed by atoms with Gasteiger partial charge in [0.25, 0.3) is 0 Å². The number of aryl methyl sites for hydroxylation is 2. The first kappa shape index (κ1) is 16.6. The molecule has 9 nitrogen and oxygen atoms in total. The third-order valence-electron chi connectivity index (χ3n) is 4.14. The zero-order chi connectivity index (χ0) is 19.0. The summed E-state index contributed by atoms with van der Waals surface area (Å²) in [5, 5.41) is 14.1. The molecule has 0 aliphatic heterocycles. The van der Waals surface area contributed by atoms with E-state index >= 15 is 0 Å². The Hall–Kier alpha value is -3.88. The van der Waals surface area contributed by atoms with Crippen molar-refractivity contribution in [2.75, 3.05) is 22.1 Å². The van der Waals surface area contributed by atoms with Crippen molar-refractivity contribution < 1.29 is 4.63 Å². The fraction of sp³-hybridized carbons (Fsp3) is 0.111. The van der Waals surface area contributed by atoms with Crippen molar-refractivity contribution in [2.24, 2.45) is 0 Å². The van der Waals surface area contributed by atoms with Crippen LogP contribution in [0.15, 0.2) is 41.0 Å². The third-order valence-corrected chi connectivity index (χ3v) is 4.14. The fourth-order valence-corrected chi connectivity index (χ4v) is 2.62. The molecule has 0 bridgehead atoms. The van der Waals surface area contributed by atoms with Crippen LogP contribution < -0.4 is 22.1 Å². The molecule has 0 radical (unpaired) electrons. The SMILES string of the molecule is Cc1ccc(N)cc1Nc1nc2nonc2nc1Nc1cc(N)ccc1C. The van der Waals surface area contributed by atoms with E-state index in [0.29, 0.717) is 34.3 Å². The van der Waals surface area contributed by atoms with E-state index in [4.69, 9.17) is 16.1 Å². The molecule has 2 heterocycles. The predicted molar refractivity (Wildman–Crippen MR) is 105 cm³/mol. The van der Waals surface area contributed by atoms with Crippen LogP contribution in [0.1, 0.15) is 11.1 Å². The van der Waals surface area contributed by atoms with E-state index in [-0.39, 0.29) is 0 Å². The third kappa shape index (κ3) is 3.30. The van der Waals surface area contributed by atoms with Gasteiger partial charge in [-0.05, 0) is 59.6 Å². The number of nitrogen functional groups attached to an aromatic ring is 2. The van der Waals surface area contributed by atoms with Crippen LogP contribution in [0.2, 0.25) is 0 Å². The molecule has 0 amide bonds. The van der Waals surface area contributed by atoms with Crippen LogP contribution in [0.3, 0.4) is 0 Å². The van der Waals surface area contributed by atoms with E-state index in [1.807, 2.05) is 50.2 Å². The Balaban J connectivity index is 1.80. The van der Waals surface area contributed by atoms with E-state index in [2.05, 4.69) is 30.9 Å². The maximum Gasteiger partial charge on any atom is 0.245 e. The highest BCUT2D eigenvalue weighted by molar-refractivity contribution is 5.81. The summed E-state index contributed by atoms with van der Waals surface area (Å²) in [6, 6.07) is 11.2. The van der Waals surface area contributed by atoms with Crippen molar-refractivity contribution in [1.82, 2.24) is 20.3 Å². The standard InChI is InChI=1S/C18H18N8O/c1-9-3-5-11(19)7-13(9)21-15-16(24-18-17(23-15)25-27-26-18)22-14-8-12(20)6-4-10(14)2/h3-8H,19-20H2,1-2H3,(H,21,23,25)(H,22,24,26). The Morgan fingerprint density at radius 3 is 1.63 bits per heavy atom. The van der Waals surface area contributed by atoms with Gasteiger partial charge in [0, 0.05) is 22.7 Å². The van der Waals surface area contributed by atoms with Crippen molar-refractivity contribution in [3.8, 4) is 0 Å². The first-order valence-corrected chi connectivity index (χ1v) is 8.26. The highest BCUT2D eigenvalue weighted by Gasteiger charge is 2.15. The Bertz CT molecular complexity index is 1050. The second-order valence-electron chi connectivity index (χ2n) is 6.23. The lowest BCUT2D eigenvalue weighted by atomic mass is 10.1. The monoisotopic (exact) mass is 362 g/mol. The fourth-order valence-electron chi connectivity index (χ4n) is 2.62. The first-order chi connectivity index (χ1) is 13.0. The number of nitrogens with two attached hydrogens (primary N) is 2. The Kier molecular flexibility index (Phi) is 3.96. The zero-order valence-electron chi connectivity index (χ0n) is 14.8. The lowest BCUT2D eigenvalue weighted by Crippen LogP contribution is -2.05. The van der Waals surface area contributed by atoms with E-state index in [9.17, 15) is 0 Å². The lowest BCUT2D eigenvalue weighted by molar-refractivity contribution is 0.314. The topological polar surface area (TPSA) is 141 Å². The number of rotatable bonds is 4. The molecule has 0 saturated carbocycles. The number of fused-ring (bicyclic) bond motifs is 1. The largest absolute Gasteiger partial charge is 0.399 e. The van der Waals surface area contributed by atoms with Crippen LogP contribution in [0, 0.1) is 13.8 Å². The van der Waals surface area contributed by atoms with E-state index in [0.717, 1.165) is 22.5 Å². The normalized spacial score (nSPS) is 10.9. The number of hydrogen-bond donors (Lipinski definition) is 4. The molecule has 4 rings (SSSR count). The van der Waals surface area contributed by atoms with E-state index in [1.165, 1.54) is 0 Å². The molecule has 9 heteroatoms. The van der Waals surface area contributed by atoms with Crippen molar-refractivity contribution >= 4 is 45.7 Å². The summed E-state index contributed by atoms with van der Waals surface area (Å²) in [5.74, 6) is 0.933. The second kappa shape index (κ2) is 6.45. The minimum atomic E-state index is 0.300. The number of hydrogen-bond acceptors (Lipinski definition) is 9. The Morgan fingerprint density at radius 1 is 0.741 bits per heavy atom. The number of aromatic nitrogens is 4. The van der Waals surface area contributed by atoms with Crippen molar-refractivity contribution in [1.29, 1.82) is 0 Å². The summed E-state index contributed by atoms with van der Waals surface area (Å²) in [4.78, 5) is 8.95. The van der Waals surface area contributed by atoms with Gasteiger partial charge in [0.2, 0.25) is 11.3 Å². The highest BCUT2D eigenvalue weighted by Crippen LogP contribution is 2.30. The van der Waals surface area contributed by atoms with Gasteiger partial charge in [-0.25, -0.2) is 14.6 Å². The average molecular weight is 362 g/mol. The van der Waals surface area contributed by atoms with Crippen LogP contribution >= 0.6 is 0 Å². The number of anilines is 6. The molecular formula is C18H18N8O. The quantitative estimate of drug-likeness (QED) is 0.402. The van der Waals surface area contributed by atoms with E-state index in [1.54, 1.807) is 0 Å². The molecule has 0 saturated heterocycles. The summed E-state index contributed by atoms with van der Waals surface area (Å²) in [6.07, 6.45) is 0. The molecule has 0 atom stereocenters. The van der Waals surface area contributed by atoms with Crippen LogP contribution in [0.4, 0.5) is 34.4 Å². The van der Waals surface area contributed by atoms with Gasteiger partial charge in [-0.1, -0.05) is 12.1 Å². The van der Waals surface area contributed by atoms with Crippen molar-refractivity contribution in [3.05, 3.63) is 47.5 Å². The van der Waals surface area contributed by atoms with Crippen molar-refractivity contribution in [3.63, 3.8) is 0 Å². The van der Waals surface area contributed by atoms with Gasteiger partial charge in [-0.2, -0.15) is 0 Å². The van der Waals surface area contributed by atoms with Gasteiger partial charge in [-0.3, -0.25) is 0 Å². The maximum atomic E-state index is 5.91. The van der Waals surface area contributed by atoms with Crippen LogP contribution in [-0.2, 0) is 0 Å². The molecule has 6 N–H and O–H groups in total. The van der Waals surface area contributed by atoms with Gasteiger partial charge in [0.05, 0.1) is 0 Å². The molecule has 0 fully saturated rings. The zero-order valence-corrected chi connectivity index (χ0v) is 14.8.